The standard InChI is InChI=1S/C29H25NO4/c1-19-12-14-21(15-13-19)28(31)29(32)30-27-23(20-8-5-4-6-9-20)10-7-11-24(27)22-16-17-25(33-2)26(18-22)34-3/h4-18H,1-3H3,(H,30,32). The van der Waals surface area contributed by atoms with Gasteiger partial charge in [-0.05, 0) is 30.2 Å². The molecule has 0 spiro atoms. The zero-order valence-electron chi connectivity index (χ0n) is 19.3. The van der Waals surface area contributed by atoms with E-state index in [-0.39, 0.29) is 0 Å². The lowest BCUT2D eigenvalue weighted by atomic mass is 9.95. The number of Topliss-reactive ketones (excluding diaryl/α,β-unsaturated/α-hetero) is 1. The second-order valence-electron chi connectivity index (χ2n) is 7.81. The van der Waals surface area contributed by atoms with Crippen molar-refractivity contribution in [2.45, 2.75) is 6.92 Å². The maximum atomic E-state index is 13.1. The molecule has 0 radical (unpaired) electrons. The van der Waals surface area contributed by atoms with Crippen LogP contribution in [0.25, 0.3) is 22.3 Å². The van der Waals surface area contributed by atoms with Gasteiger partial charge in [-0.1, -0.05) is 84.4 Å². The van der Waals surface area contributed by atoms with Crippen molar-refractivity contribution in [1.82, 2.24) is 0 Å². The van der Waals surface area contributed by atoms with Crippen LogP contribution in [-0.2, 0) is 4.79 Å². The molecule has 0 atom stereocenters. The average Bonchev–Trinajstić information content (AvgIpc) is 2.88. The molecule has 4 aromatic carbocycles. The van der Waals surface area contributed by atoms with E-state index in [0.717, 1.165) is 27.8 Å². The number of nitrogens with one attached hydrogen (secondary N) is 1. The van der Waals surface area contributed by atoms with Crippen LogP contribution in [0.15, 0.2) is 91.0 Å². The number of aryl methyl sites for hydroxylation is 1. The smallest absolute Gasteiger partial charge is 0.296 e. The fourth-order valence-corrected chi connectivity index (χ4v) is 3.80. The highest BCUT2D eigenvalue weighted by Crippen LogP contribution is 2.40. The number of ether oxygens (including phenoxy) is 2. The molecule has 0 bridgehead atoms. The monoisotopic (exact) mass is 451 g/mol. The van der Waals surface area contributed by atoms with Gasteiger partial charge in [-0.2, -0.15) is 0 Å². The van der Waals surface area contributed by atoms with Crippen LogP contribution in [0.2, 0.25) is 0 Å². The van der Waals surface area contributed by atoms with Crippen molar-refractivity contribution in [1.29, 1.82) is 0 Å². The summed E-state index contributed by atoms with van der Waals surface area (Å²) in [5, 5.41) is 2.89. The molecule has 0 saturated carbocycles. The van der Waals surface area contributed by atoms with Crippen LogP contribution >= 0.6 is 0 Å². The van der Waals surface area contributed by atoms with Crippen LogP contribution in [0, 0.1) is 6.92 Å². The van der Waals surface area contributed by atoms with E-state index in [1.807, 2.05) is 85.8 Å². The van der Waals surface area contributed by atoms with Crippen molar-refractivity contribution in [3.8, 4) is 33.8 Å². The highest BCUT2D eigenvalue weighted by molar-refractivity contribution is 6.47. The molecular formula is C29H25NO4. The molecule has 4 rings (SSSR count). The summed E-state index contributed by atoms with van der Waals surface area (Å²) < 4.78 is 10.8. The molecule has 5 heteroatoms. The van der Waals surface area contributed by atoms with Gasteiger partial charge in [0.05, 0.1) is 19.9 Å². The third-order valence-electron chi connectivity index (χ3n) is 5.60. The summed E-state index contributed by atoms with van der Waals surface area (Å²) in [6.45, 7) is 1.93. The second-order valence-corrected chi connectivity index (χ2v) is 7.81. The van der Waals surface area contributed by atoms with Crippen LogP contribution in [0.1, 0.15) is 15.9 Å². The van der Waals surface area contributed by atoms with Gasteiger partial charge in [0.1, 0.15) is 0 Å². The average molecular weight is 452 g/mol. The number of benzene rings is 4. The predicted octanol–water partition coefficient (Wildman–Crippen LogP) is 6.17. The maximum Gasteiger partial charge on any atom is 0.296 e. The van der Waals surface area contributed by atoms with E-state index < -0.39 is 11.7 Å². The van der Waals surface area contributed by atoms with Crippen molar-refractivity contribution >= 4 is 17.4 Å². The lowest BCUT2D eigenvalue weighted by Crippen LogP contribution is -2.23. The quantitative estimate of drug-likeness (QED) is 0.270. The van der Waals surface area contributed by atoms with Gasteiger partial charge in [0, 0.05) is 16.7 Å². The molecular weight excluding hydrogens is 426 g/mol. The van der Waals surface area contributed by atoms with E-state index >= 15 is 0 Å². The summed E-state index contributed by atoms with van der Waals surface area (Å²) in [6.07, 6.45) is 0. The first-order valence-electron chi connectivity index (χ1n) is 10.8. The Labute approximate surface area is 199 Å². The molecule has 5 nitrogen and oxygen atoms in total. The Kier molecular flexibility index (Phi) is 6.74. The molecule has 34 heavy (non-hydrogen) atoms. The Morgan fingerprint density at radius 3 is 1.97 bits per heavy atom. The fourth-order valence-electron chi connectivity index (χ4n) is 3.80. The molecule has 0 aliphatic rings. The van der Waals surface area contributed by atoms with Crippen molar-refractivity contribution in [2.24, 2.45) is 0 Å². The first kappa shape index (κ1) is 22.8. The Morgan fingerprint density at radius 1 is 0.676 bits per heavy atom. The molecule has 0 aliphatic carbocycles. The number of carbonyl (C=O) groups excluding carboxylic acids is 2. The Hall–Kier alpha value is -4.38. The molecule has 1 amide bonds. The van der Waals surface area contributed by atoms with Gasteiger partial charge < -0.3 is 14.8 Å². The van der Waals surface area contributed by atoms with E-state index in [2.05, 4.69) is 5.32 Å². The van der Waals surface area contributed by atoms with Crippen LogP contribution in [-0.4, -0.2) is 25.9 Å². The molecule has 4 aromatic rings. The molecule has 1 N–H and O–H groups in total. The number of para-hydroxylation sites is 1. The summed E-state index contributed by atoms with van der Waals surface area (Å²) in [5.74, 6) is -0.126. The van der Waals surface area contributed by atoms with Gasteiger partial charge in [-0.15, -0.1) is 0 Å². The van der Waals surface area contributed by atoms with Crippen molar-refractivity contribution < 1.29 is 19.1 Å². The summed E-state index contributed by atoms with van der Waals surface area (Å²) in [6, 6.07) is 28.0. The third kappa shape index (κ3) is 4.69. The number of hydrogen-bond acceptors (Lipinski definition) is 4. The number of carbonyl (C=O) groups is 2. The Balaban J connectivity index is 1.81. The fraction of sp³-hybridized carbons (Fsp3) is 0.103. The number of rotatable bonds is 7. The largest absolute Gasteiger partial charge is 0.493 e. The van der Waals surface area contributed by atoms with Gasteiger partial charge >= 0.3 is 0 Å². The van der Waals surface area contributed by atoms with E-state index in [0.29, 0.717) is 22.7 Å². The minimum absolute atomic E-state index is 0.341. The molecule has 0 heterocycles. The van der Waals surface area contributed by atoms with Crippen LogP contribution in [0.5, 0.6) is 11.5 Å². The maximum absolute atomic E-state index is 13.1. The highest BCUT2D eigenvalue weighted by Gasteiger charge is 2.21. The van der Waals surface area contributed by atoms with Gasteiger partial charge in [0.2, 0.25) is 0 Å². The highest BCUT2D eigenvalue weighted by atomic mass is 16.5. The van der Waals surface area contributed by atoms with Gasteiger partial charge in [0.25, 0.3) is 11.7 Å². The van der Waals surface area contributed by atoms with Crippen molar-refractivity contribution in [3.63, 3.8) is 0 Å². The van der Waals surface area contributed by atoms with E-state index in [4.69, 9.17) is 9.47 Å². The lowest BCUT2D eigenvalue weighted by molar-refractivity contribution is -0.112. The minimum atomic E-state index is -0.700. The molecule has 0 fully saturated rings. The summed E-state index contributed by atoms with van der Waals surface area (Å²) in [5.41, 5.74) is 5.20. The van der Waals surface area contributed by atoms with Gasteiger partial charge in [-0.25, -0.2) is 0 Å². The second kappa shape index (κ2) is 10.0. The van der Waals surface area contributed by atoms with Crippen LogP contribution in [0.3, 0.4) is 0 Å². The van der Waals surface area contributed by atoms with Crippen LogP contribution in [0.4, 0.5) is 5.69 Å². The topological polar surface area (TPSA) is 64.6 Å². The summed E-state index contributed by atoms with van der Waals surface area (Å²) in [4.78, 5) is 26.0. The van der Waals surface area contributed by atoms with E-state index in [1.54, 1.807) is 26.4 Å². The molecule has 0 saturated heterocycles. The number of amides is 1. The zero-order valence-corrected chi connectivity index (χ0v) is 19.3. The first-order valence-corrected chi connectivity index (χ1v) is 10.8. The van der Waals surface area contributed by atoms with E-state index in [1.165, 1.54) is 0 Å². The Bertz CT molecular complexity index is 1330. The third-order valence-corrected chi connectivity index (χ3v) is 5.60. The molecule has 0 aromatic heterocycles. The van der Waals surface area contributed by atoms with Crippen molar-refractivity contribution in [2.75, 3.05) is 19.5 Å². The van der Waals surface area contributed by atoms with Gasteiger partial charge in [-0.3, -0.25) is 9.59 Å². The van der Waals surface area contributed by atoms with Gasteiger partial charge in [0.15, 0.2) is 11.5 Å². The first-order chi connectivity index (χ1) is 16.5. The lowest BCUT2D eigenvalue weighted by Gasteiger charge is -2.17. The summed E-state index contributed by atoms with van der Waals surface area (Å²) in [7, 11) is 3.15. The molecule has 0 aliphatic heterocycles. The number of ketones is 1. The Morgan fingerprint density at radius 2 is 1.32 bits per heavy atom. The predicted molar refractivity (Wildman–Crippen MR) is 135 cm³/mol. The number of anilines is 1. The minimum Gasteiger partial charge on any atom is -0.493 e. The molecule has 0 unspecified atom stereocenters. The van der Waals surface area contributed by atoms with E-state index in [9.17, 15) is 9.59 Å². The summed E-state index contributed by atoms with van der Waals surface area (Å²) >= 11 is 0. The SMILES string of the molecule is COc1ccc(-c2cccc(-c3ccccc3)c2NC(=O)C(=O)c2ccc(C)cc2)cc1OC. The van der Waals surface area contributed by atoms with Crippen molar-refractivity contribution in [3.05, 3.63) is 102 Å². The van der Waals surface area contributed by atoms with Crippen LogP contribution < -0.4 is 14.8 Å². The normalized spacial score (nSPS) is 10.4. The zero-order chi connectivity index (χ0) is 24.1. The molecule has 170 valence electrons. The number of methoxy groups -OCH3 is 2. The number of hydrogen-bond donors (Lipinski definition) is 1.